The topological polar surface area (TPSA) is 49.4 Å². The van der Waals surface area contributed by atoms with Crippen LogP contribution in [0.5, 0.6) is 0 Å². The quantitative estimate of drug-likeness (QED) is 0.276. The van der Waals surface area contributed by atoms with Gasteiger partial charge in [0.25, 0.3) is 0 Å². The zero-order valence-corrected chi connectivity index (χ0v) is 23.4. The van der Waals surface area contributed by atoms with Crippen molar-refractivity contribution in [3.05, 3.63) is 119 Å². The first-order valence-electron chi connectivity index (χ1n) is 13.4. The lowest BCUT2D eigenvalue weighted by Gasteiger charge is -2.50. The molecular formula is C32H37NO5S. The average Bonchev–Trinajstić information content (AvgIpc) is 3.43. The van der Waals surface area contributed by atoms with Crippen molar-refractivity contribution in [2.45, 2.75) is 55.7 Å². The standard InChI is InChI=1S/C32H37NO5S/c1-33-18-19-39-31(33)32(34-2)20-28(36-22-26-14-8-4-9-15-26)30(37-23-27-16-10-5-11-17-27)29(38-32)24-35-21-25-12-6-3-7-13-25/h3-19,28-31H,20-24H2,1-2H3/t28-,29-,30+,31?,32-/m1/s1. The smallest absolute Gasteiger partial charge is 0.201 e. The second-order valence-corrected chi connectivity index (χ2v) is 10.9. The lowest BCUT2D eigenvalue weighted by atomic mass is 9.94. The SMILES string of the molecule is CO[C@]1(C2SC=CN2C)C[C@@H](OCc2ccccc2)[C@H](OCc2ccccc2)[C@@H](COCc2ccccc2)O1. The first kappa shape index (κ1) is 27.9. The van der Waals surface area contributed by atoms with Gasteiger partial charge in [-0.1, -0.05) is 91.0 Å². The minimum Gasteiger partial charge on any atom is -0.374 e. The number of hydrogen-bond donors (Lipinski definition) is 0. The Morgan fingerprint density at radius 3 is 1.92 bits per heavy atom. The van der Waals surface area contributed by atoms with Crippen LogP contribution in [-0.2, 0) is 43.5 Å². The Kier molecular flexibility index (Phi) is 9.74. The third-order valence-corrected chi connectivity index (χ3v) is 8.38. The molecule has 39 heavy (non-hydrogen) atoms. The van der Waals surface area contributed by atoms with E-state index in [9.17, 15) is 0 Å². The number of benzene rings is 3. The highest BCUT2D eigenvalue weighted by atomic mass is 32.2. The molecular weight excluding hydrogens is 510 g/mol. The van der Waals surface area contributed by atoms with Crippen molar-refractivity contribution in [2.24, 2.45) is 0 Å². The van der Waals surface area contributed by atoms with Gasteiger partial charge in [0, 0.05) is 26.8 Å². The van der Waals surface area contributed by atoms with Crippen LogP contribution in [0, 0.1) is 0 Å². The van der Waals surface area contributed by atoms with Gasteiger partial charge in [0.1, 0.15) is 17.6 Å². The van der Waals surface area contributed by atoms with Gasteiger partial charge < -0.3 is 28.6 Å². The van der Waals surface area contributed by atoms with Crippen LogP contribution in [-0.4, -0.2) is 55.1 Å². The van der Waals surface area contributed by atoms with Crippen molar-refractivity contribution in [3.8, 4) is 0 Å². The minimum atomic E-state index is -0.905. The molecule has 2 heterocycles. The fraction of sp³-hybridized carbons (Fsp3) is 0.375. The third-order valence-electron chi connectivity index (χ3n) is 7.15. The molecule has 5 rings (SSSR count). The van der Waals surface area contributed by atoms with E-state index < -0.39 is 11.9 Å². The van der Waals surface area contributed by atoms with Crippen LogP contribution in [0.25, 0.3) is 0 Å². The monoisotopic (exact) mass is 547 g/mol. The van der Waals surface area contributed by atoms with Crippen molar-refractivity contribution >= 4 is 11.8 Å². The summed E-state index contributed by atoms with van der Waals surface area (Å²) in [5.41, 5.74) is 3.32. The molecule has 0 aromatic heterocycles. The number of hydrogen-bond acceptors (Lipinski definition) is 7. The molecule has 0 amide bonds. The number of nitrogens with zero attached hydrogens (tertiary/aromatic N) is 1. The highest BCUT2D eigenvalue weighted by molar-refractivity contribution is 8.03. The van der Waals surface area contributed by atoms with Crippen molar-refractivity contribution in [3.63, 3.8) is 0 Å². The Bertz CT molecular complexity index is 1160. The lowest BCUT2D eigenvalue weighted by Crippen LogP contribution is -2.63. The molecule has 0 aliphatic carbocycles. The Morgan fingerprint density at radius 1 is 0.821 bits per heavy atom. The maximum Gasteiger partial charge on any atom is 0.201 e. The van der Waals surface area contributed by atoms with E-state index >= 15 is 0 Å². The van der Waals surface area contributed by atoms with Crippen LogP contribution in [0.2, 0.25) is 0 Å². The van der Waals surface area contributed by atoms with Crippen molar-refractivity contribution < 1.29 is 23.7 Å². The molecule has 6 nitrogen and oxygen atoms in total. The molecule has 0 N–H and O–H groups in total. The lowest BCUT2D eigenvalue weighted by molar-refractivity contribution is -0.335. The molecule has 1 saturated heterocycles. The molecule has 3 aromatic rings. The van der Waals surface area contributed by atoms with Gasteiger partial charge in [-0.2, -0.15) is 0 Å². The summed E-state index contributed by atoms with van der Waals surface area (Å²) in [6.45, 7) is 1.76. The highest BCUT2D eigenvalue weighted by Gasteiger charge is 2.54. The van der Waals surface area contributed by atoms with Gasteiger partial charge in [-0.05, 0) is 22.1 Å². The van der Waals surface area contributed by atoms with Gasteiger partial charge in [-0.15, -0.1) is 11.8 Å². The summed E-state index contributed by atoms with van der Waals surface area (Å²) in [7, 11) is 3.76. The number of rotatable bonds is 12. The fourth-order valence-corrected chi connectivity index (χ4v) is 6.23. The normalized spacial score (nSPS) is 26.7. The zero-order valence-electron chi connectivity index (χ0n) is 22.6. The molecule has 1 fully saturated rings. The average molecular weight is 548 g/mol. The van der Waals surface area contributed by atoms with Crippen molar-refractivity contribution in [1.29, 1.82) is 0 Å². The van der Waals surface area contributed by atoms with E-state index in [1.54, 1.807) is 18.9 Å². The van der Waals surface area contributed by atoms with Gasteiger partial charge in [-0.25, -0.2) is 0 Å². The summed E-state index contributed by atoms with van der Waals surface area (Å²) >= 11 is 1.69. The summed E-state index contributed by atoms with van der Waals surface area (Å²) in [5, 5.41) is 2.02. The summed E-state index contributed by atoms with van der Waals surface area (Å²) in [6.07, 6.45) is 1.55. The second kappa shape index (κ2) is 13.6. The molecule has 5 atom stereocenters. The van der Waals surface area contributed by atoms with Gasteiger partial charge in [-0.3, -0.25) is 0 Å². The Labute approximate surface area is 235 Å². The molecule has 0 saturated carbocycles. The number of ether oxygens (including phenoxy) is 5. The first-order chi connectivity index (χ1) is 19.2. The summed E-state index contributed by atoms with van der Waals surface area (Å²) in [4.78, 5) is 2.13. The first-order valence-corrected chi connectivity index (χ1v) is 14.3. The van der Waals surface area contributed by atoms with E-state index in [2.05, 4.69) is 52.9 Å². The molecule has 0 bridgehead atoms. The van der Waals surface area contributed by atoms with E-state index in [-0.39, 0.29) is 17.6 Å². The van der Waals surface area contributed by atoms with Crippen LogP contribution in [0.3, 0.4) is 0 Å². The van der Waals surface area contributed by atoms with Gasteiger partial charge in [0.2, 0.25) is 5.79 Å². The molecule has 3 aromatic carbocycles. The maximum atomic E-state index is 6.84. The summed E-state index contributed by atoms with van der Waals surface area (Å²) < 4.78 is 32.5. The van der Waals surface area contributed by atoms with E-state index in [0.717, 1.165) is 16.7 Å². The summed E-state index contributed by atoms with van der Waals surface area (Å²) in [6, 6.07) is 30.6. The molecule has 206 valence electrons. The molecule has 1 unspecified atom stereocenters. The second-order valence-electron chi connectivity index (χ2n) is 9.91. The van der Waals surface area contributed by atoms with Crippen LogP contribution in [0.1, 0.15) is 23.1 Å². The van der Waals surface area contributed by atoms with Crippen molar-refractivity contribution in [1.82, 2.24) is 4.90 Å². The molecule has 0 radical (unpaired) electrons. The minimum absolute atomic E-state index is 0.0583. The largest absolute Gasteiger partial charge is 0.374 e. The van der Waals surface area contributed by atoms with Crippen LogP contribution < -0.4 is 0 Å². The summed E-state index contributed by atoms with van der Waals surface area (Å²) in [5.74, 6) is -0.905. The Balaban J connectivity index is 1.39. The van der Waals surface area contributed by atoms with Crippen molar-refractivity contribution in [2.75, 3.05) is 20.8 Å². The number of thioether (sulfide) groups is 1. The van der Waals surface area contributed by atoms with Crippen LogP contribution in [0.15, 0.2) is 103 Å². The van der Waals surface area contributed by atoms with Crippen LogP contribution in [0.4, 0.5) is 0 Å². The van der Waals surface area contributed by atoms with Gasteiger partial charge >= 0.3 is 0 Å². The van der Waals surface area contributed by atoms with Crippen LogP contribution >= 0.6 is 11.8 Å². The molecule has 2 aliphatic rings. The predicted molar refractivity (Wildman–Crippen MR) is 154 cm³/mol. The Hall–Kier alpha value is -2.65. The maximum absolute atomic E-state index is 6.84. The third kappa shape index (κ3) is 7.11. The van der Waals surface area contributed by atoms with E-state index in [1.165, 1.54) is 0 Å². The van der Waals surface area contributed by atoms with Gasteiger partial charge in [0.05, 0.1) is 32.5 Å². The highest BCUT2D eigenvalue weighted by Crippen LogP contribution is 2.44. The number of likely N-dealkylation sites (N-methyl/N-ethyl adjacent to an activating group) is 1. The number of methoxy groups -OCH3 is 1. The van der Waals surface area contributed by atoms with E-state index in [1.807, 2.05) is 61.6 Å². The predicted octanol–water partition coefficient (Wildman–Crippen LogP) is 5.98. The fourth-order valence-electron chi connectivity index (χ4n) is 5.10. The van der Waals surface area contributed by atoms with E-state index in [4.69, 9.17) is 23.7 Å². The molecule has 0 spiro atoms. The Morgan fingerprint density at radius 2 is 1.38 bits per heavy atom. The molecule has 7 heteroatoms. The van der Waals surface area contributed by atoms with Gasteiger partial charge in [0.15, 0.2) is 0 Å². The van der Waals surface area contributed by atoms with E-state index in [0.29, 0.717) is 32.8 Å². The molecule has 2 aliphatic heterocycles. The zero-order chi connectivity index (χ0) is 26.9.